The Kier molecular flexibility index (Phi) is 1.98. The van der Waals surface area contributed by atoms with Crippen LogP contribution in [0.2, 0.25) is 0 Å². The summed E-state index contributed by atoms with van der Waals surface area (Å²) in [6.45, 7) is 4.22. The molecule has 0 aliphatic heterocycles. The van der Waals surface area contributed by atoms with Gasteiger partial charge < -0.3 is 0 Å². The van der Waals surface area contributed by atoms with Crippen LogP contribution in [0.25, 0.3) is 0 Å². The fourth-order valence-corrected chi connectivity index (χ4v) is 1.53. The summed E-state index contributed by atoms with van der Waals surface area (Å²) in [6.07, 6.45) is 3.28. The molecular formula is C9H15N3O. The number of H-pyrrole nitrogens is 1. The van der Waals surface area contributed by atoms with E-state index in [-0.39, 0.29) is 5.69 Å². The largest absolute Gasteiger partial charge is 0.343 e. The molecule has 0 bridgehead atoms. The fraction of sp³-hybridized carbons (Fsp3) is 0.778. The summed E-state index contributed by atoms with van der Waals surface area (Å²) in [5.74, 6) is 1.30. The molecule has 4 nitrogen and oxygen atoms in total. The van der Waals surface area contributed by atoms with E-state index in [2.05, 4.69) is 24.0 Å². The Labute approximate surface area is 77.0 Å². The summed E-state index contributed by atoms with van der Waals surface area (Å²) >= 11 is 0. The number of nitrogens with zero attached hydrogens (tertiary/aromatic N) is 2. The van der Waals surface area contributed by atoms with Gasteiger partial charge in [-0.1, -0.05) is 13.8 Å². The standard InChI is InChI=1S/C9H15N3O/c1-3-6(2)8-10-11-9(13)12(8)7-4-5-7/h6-7H,3-5H2,1-2H3,(H,11,13). The van der Waals surface area contributed by atoms with E-state index in [1.54, 1.807) is 0 Å². The van der Waals surface area contributed by atoms with E-state index >= 15 is 0 Å². The van der Waals surface area contributed by atoms with Gasteiger partial charge in [-0.25, -0.2) is 9.89 Å². The van der Waals surface area contributed by atoms with Crippen molar-refractivity contribution in [1.82, 2.24) is 14.8 Å². The molecule has 1 atom stereocenters. The Hall–Kier alpha value is -1.06. The molecule has 1 aliphatic carbocycles. The second-order valence-electron chi connectivity index (χ2n) is 3.80. The zero-order valence-electron chi connectivity index (χ0n) is 8.08. The SMILES string of the molecule is CCC(C)c1n[nH]c(=O)n1C1CC1. The molecule has 0 amide bonds. The van der Waals surface area contributed by atoms with Crippen LogP contribution in [-0.2, 0) is 0 Å². The van der Waals surface area contributed by atoms with E-state index in [4.69, 9.17) is 0 Å². The van der Waals surface area contributed by atoms with E-state index < -0.39 is 0 Å². The molecule has 0 aromatic carbocycles. The monoisotopic (exact) mass is 181 g/mol. The van der Waals surface area contributed by atoms with Crippen LogP contribution in [0, 0.1) is 0 Å². The first-order chi connectivity index (χ1) is 6.24. The van der Waals surface area contributed by atoms with Crippen molar-refractivity contribution in [2.75, 3.05) is 0 Å². The van der Waals surface area contributed by atoms with Gasteiger partial charge >= 0.3 is 5.69 Å². The number of nitrogens with one attached hydrogen (secondary N) is 1. The molecule has 1 aromatic rings. The highest BCUT2D eigenvalue weighted by Crippen LogP contribution is 2.35. The topological polar surface area (TPSA) is 50.7 Å². The van der Waals surface area contributed by atoms with Crippen molar-refractivity contribution in [1.29, 1.82) is 0 Å². The van der Waals surface area contributed by atoms with Gasteiger partial charge in [0.2, 0.25) is 0 Å². The first-order valence-corrected chi connectivity index (χ1v) is 4.90. The lowest BCUT2D eigenvalue weighted by molar-refractivity contribution is 0.590. The zero-order valence-corrected chi connectivity index (χ0v) is 8.08. The van der Waals surface area contributed by atoms with Crippen LogP contribution in [0.1, 0.15) is 50.9 Å². The Bertz CT molecular complexity index is 348. The van der Waals surface area contributed by atoms with Crippen LogP contribution in [0.15, 0.2) is 4.79 Å². The minimum absolute atomic E-state index is 0.0437. The molecule has 1 saturated carbocycles. The minimum Gasteiger partial charge on any atom is -0.276 e. The highest BCUT2D eigenvalue weighted by Gasteiger charge is 2.29. The van der Waals surface area contributed by atoms with Gasteiger partial charge in [-0.3, -0.25) is 4.57 Å². The van der Waals surface area contributed by atoms with Crippen LogP contribution in [0.4, 0.5) is 0 Å². The van der Waals surface area contributed by atoms with Crippen LogP contribution in [0.3, 0.4) is 0 Å². The third-order valence-electron chi connectivity index (χ3n) is 2.70. The Morgan fingerprint density at radius 3 is 2.92 bits per heavy atom. The van der Waals surface area contributed by atoms with Crippen LogP contribution in [0.5, 0.6) is 0 Å². The maximum absolute atomic E-state index is 11.4. The highest BCUT2D eigenvalue weighted by molar-refractivity contribution is 5.00. The Balaban J connectivity index is 2.39. The van der Waals surface area contributed by atoms with Crippen molar-refractivity contribution < 1.29 is 0 Å². The molecule has 0 saturated heterocycles. The predicted octanol–water partition coefficient (Wildman–Crippen LogP) is 1.42. The number of hydrogen-bond acceptors (Lipinski definition) is 2. The van der Waals surface area contributed by atoms with E-state index in [1.807, 2.05) is 4.57 Å². The van der Waals surface area contributed by atoms with Gasteiger partial charge in [0.05, 0.1) is 0 Å². The summed E-state index contributed by atoms with van der Waals surface area (Å²) in [5.41, 5.74) is -0.0437. The van der Waals surface area contributed by atoms with E-state index in [9.17, 15) is 4.79 Å². The van der Waals surface area contributed by atoms with Crippen molar-refractivity contribution in [3.63, 3.8) is 0 Å². The third kappa shape index (κ3) is 1.41. The van der Waals surface area contributed by atoms with Crippen molar-refractivity contribution in [2.45, 2.75) is 45.1 Å². The third-order valence-corrected chi connectivity index (χ3v) is 2.70. The number of rotatable bonds is 3. The molecule has 0 radical (unpaired) electrons. The average Bonchev–Trinajstić information content (AvgIpc) is 2.89. The van der Waals surface area contributed by atoms with Gasteiger partial charge in [0.15, 0.2) is 0 Å². The molecule has 1 heterocycles. The first-order valence-electron chi connectivity index (χ1n) is 4.90. The maximum Gasteiger partial charge on any atom is 0.343 e. The maximum atomic E-state index is 11.4. The van der Waals surface area contributed by atoms with Gasteiger partial charge in [-0.05, 0) is 19.3 Å². The Morgan fingerprint density at radius 2 is 2.38 bits per heavy atom. The molecule has 1 fully saturated rings. The summed E-state index contributed by atoms with van der Waals surface area (Å²) in [7, 11) is 0. The smallest absolute Gasteiger partial charge is 0.276 e. The molecule has 0 spiro atoms. The summed E-state index contributed by atoms with van der Waals surface area (Å²) in [6, 6.07) is 0.426. The summed E-state index contributed by atoms with van der Waals surface area (Å²) in [4.78, 5) is 11.4. The van der Waals surface area contributed by atoms with Gasteiger partial charge in [0.1, 0.15) is 5.82 Å². The highest BCUT2D eigenvalue weighted by atomic mass is 16.1. The van der Waals surface area contributed by atoms with Gasteiger partial charge in [0.25, 0.3) is 0 Å². The predicted molar refractivity (Wildman–Crippen MR) is 49.8 cm³/mol. The van der Waals surface area contributed by atoms with E-state index in [0.29, 0.717) is 12.0 Å². The van der Waals surface area contributed by atoms with Gasteiger partial charge in [-0.15, -0.1) is 0 Å². The van der Waals surface area contributed by atoms with Gasteiger partial charge in [-0.2, -0.15) is 5.10 Å². The number of aromatic amines is 1. The summed E-state index contributed by atoms with van der Waals surface area (Å²) in [5, 5.41) is 6.60. The number of aromatic nitrogens is 3. The zero-order chi connectivity index (χ0) is 9.42. The minimum atomic E-state index is -0.0437. The van der Waals surface area contributed by atoms with Crippen LogP contribution < -0.4 is 5.69 Å². The van der Waals surface area contributed by atoms with E-state index in [0.717, 1.165) is 25.1 Å². The molecular weight excluding hydrogens is 166 g/mol. The molecule has 13 heavy (non-hydrogen) atoms. The molecule has 1 aromatic heterocycles. The second kappa shape index (κ2) is 3.01. The molecule has 4 heteroatoms. The lowest BCUT2D eigenvalue weighted by Crippen LogP contribution is -2.18. The summed E-state index contributed by atoms with van der Waals surface area (Å²) < 4.78 is 1.83. The van der Waals surface area contributed by atoms with Crippen LogP contribution >= 0.6 is 0 Å². The first kappa shape index (κ1) is 8.53. The average molecular weight is 181 g/mol. The lowest BCUT2D eigenvalue weighted by atomic mass is 10.1. The molecule has 1 N–H and O–H groups in total. The molecule has 2 rings (SSSR count). The second-order valence-corrected chi connectivity index (χ2v) is 3.80. The van der Waals surface area contributed by atoms with Gasteiger partial charge in [0, 0.05) is 12.0 Å². The number of hydrogen-bond donors (Lipinski definition) is 1. The van der Waals surface area contributed by atoms with Crippen molar-refractivity contribution in [3.05, 3.63) is 16.3 Å². The quantitative estimate of drug-likeness (QED) is 0.766. The Morgan fingerprint density at radius 1 is 1.69 bits per heavy atom. The molecule has 1 unspecified atom stereocenters. The van der Waals surface area contributed by atoms with Crippen LogP contribution in [-0.4, -0.2) is 14.8 Å². The normalized spacial score (nSPS) is 18.9. The van der Waals surface area contributed by atoms with Crippen molar-refractivity contribution >= 4 is 0 Å². The molecule has 1 aliphatic rings. The lowest BCUT2D eigenvalue weighted by Gasteiger charge is -2.08. The van der Waals surface area contributed by atoms with E-state index in [1.165, 1.54) is 0 Å². The fourth-order valence-electron chi connectivity index (χ4n) is 1.53. The van der Waals surface area contributed by atoms with Crippen molar-refractivity contribution in [3.8, 4) is 0 Å². The van der Waals surface area contributed by atoms with Crippen molar-refractivity contribution in [2.24, 2.45) is 0 Å². The molecule has 72 valence electrons.